The molecule has 5 nitrogen and oxygen atoms in total. The fourth-order valence-corrected chi connectivity index (χ4v) is 4.26. The molecule has 0 bridgehead atoms. The average molecular weight is 398 g/mol. The maximum atomic E-state index is 14.1. The molecular formula is C23H27FN2O3. The van der Waals surface area contributed by atoms with E-state index in [0.717, 1.165) is 42.8 Å². The number of carbonyl (C=O) groups is 1. The third-order valence-corrected chi connectivity index (χ3v) is 5.76. The SMILES string of the molecule is COC(=O)[C@@H]1CCCN1Cc1ccc2c(c1)CN(Cc1ccccc1F)CCO2. The molecule has 29 heavy (non-hydrogen) atoms. The van der Waals surface area contributed by atoms with E-state index in [1.165, 1.54) is 13.2 Å². The zero-order valence-corrected chi connectivity index (χ0v) is 16.8. The van der Waals surface area contributed by atoms with E-state index >= 15 is 0 Å². The largest absolute Gasteiger partial charge is 0.492 e. The van der Waals surface area contributed by atoms with Crippen molar-refractivity contribution in [1.29, 1.82) is 0 Å². The summed E-state index contributed by atoms with van der Waals surface area (Å²) in [5.74, 6) is 0.557. The quantitative estimate of drug-likeness (QED) is 0.723. The molecule has 0 amide bonds. The highest BCUT2D eigenvalue weighted by molar-refractivity contribution is 5.76. The molecule has 2 aliphatic heterocycles. The van der Waals surface area contributed by atoms with Gasteiger partial charge < -0.3 is 9.47 Å². The Kier molecular flexibility index (Phi) is 6.11. The molecule has 0 N–H and O–H groups in total. The fourth-order valence-electron chi connectivity index (χ4n) is 4.26. The third kappa shape index (κ3) is 4.60. The van der Waals surface area contributed by atoms with E-state index in [1.54, 1.807) is 6.07 Å². The van der Waals surface area contributed by atoms with Crippen LogP contribution in [0, 0.1) is 5.82 Å². The zero-order valence-electron chi connectivity index (χ0n) is 16.8. The van der Waals surface area contributed by atoms with Crippen molar-refractivity contribution in [2.75, 3.05) is 26.8 Å². The van der Waals surface area contributed by atoms with Crippen molar-refractivity contribution < 1.29 is 18.7 Å². The Morgan fingerprint density at radius 2 is 2.07 bits per heavy atom. The van der Waals surface area contributed by atoms with Crippen molar-refractivity contribution >= 4 is 5.97 Å². The highest BCUT2D eigenvalue weighted by atomic mass is 19.1. The number of hydrogen-bond donors (Lipinski definition) is 0. The molecule has 2 aromatic carbocycles. The number of nitrogens with zero attached hydrogens (tertiary/aromatic N) is 2. The molecule has 1 fully saturated rings. The standard InChI is InChI=1S/C23H27FN2O3/c1-28-23(27)21-7-4-10-26(21)14-17-8-9-22-19(13-17)16-25(11-12-29-22)15-18-5-2-3-6-20(18)24/h2-3,5-6,8-9,13,21H,4,7,10-12,14-16H2,1H3/t21-/m0/s1. The second kappa shape index (κ2) is 8.93. The van der Waals surface area contributed by atoms with Crippen LogP contribution in [-0.2, 0) is 29.2 Å². The van der Waals surface area contributed by atoms with E-state index in [9.17, 15) is 9.18 Å². The van der Waals surface area contributed by atoms with Gasteiger partial charge in [-0.2, -0.15) is 0 Å². The highest BCUT2D eigenvalue weighted by Gasteiger charge is 2.31. The molecular weight excluding hydrogens is 371 g/mol. The van der Waals surface area contributed by atoms with Gasteiger partial charge in [-0.25, -0.2) is 4.39 Å². The predicted octanol–water partition coefficient (Wildman–Crippen LogP) is 3.36. The Hall–Kier alpha value is -2.44. The number of benzene rings is 2. The summed E-state index contributed by atoms with van der Waals surface area (Å²) >= 11 is 0. The number of fused-ring (bicyclic) bond motifs is 1. The van der Waals surface area contributed by atoms with Gasteiger partial charge in [-0.15, -0.1) is 0 Å². The summed E-state index contributed by atoms with van der Waals surface area (Å²) in [6.45, 7) is 4.19. The smallest absolute Gasteiger partial charge is 0.323 e. The molecule has 2 aromatic rings. The van der Waals surface area contributed by atoms with Crippen molar-refractivity contribution in [2.24, 2.45) is 0 Å². The van der Waals surface area contributed by atoms with Crippen molar-refractivity contribution in [3.8, 4) is 5.75 Å². The number of halogens is 1. The Morgan fingerprint density at radius 1 is 1.21 bits per heavy atom. The second-order valence-electron chi connectivity index (χ2n) is 7.74. The minimum Gasteiger partial charge on any atom is -0.492 e. The molecule has 1 saturated heterocycles. The van der Waals surface area contributed by atoms with Crippen molar-refractivity contribution in [3.63, 3.8) is 0 Å². The lowest BCUT2D eigenvalue weighted by molar-refractivity contribution is -0.146. The highest BCUT2D eigenvalue weighted by Crippen LogP contribution is 2.28. The molecule has 2 aliphatic rings. The van der Waals surface area contributed by atoms with Crippen molar-refractivity contribution in [2.45, 2.75) is 38.5 Å². The normalized spacial score (nSPS) is 20.0. The van der Waals surface area contributed by atoms with E-state index in [2.05, 4.69) is 21.9 Å². The van der Waals surface area contributed by atoms with Crippen LogP contribution in [0.2, 0.25) is 0 Å². The number of likely N-dealkylation sites (tertiary alicyclic amines) is 1. The van der Waals surface area contributed by atoms with E-state index < -0.39 is 0 Å². The topological polar surface area (TPSA) is 42.0 Å². The number of ether oxygens (including phenoxy) is 2. The second-order valence-corrected chi connectivity index (χ2v) is 7.74. The molecule has 0 unspecified atom stereocenters. The number of carbonyl (C=O) groups excluding carboxylic acids is 1. The van der Waals surface area contributed by atoms with Gasteiger partial charge in [-0.05, 0) is 43.1 Å². The molecule has 154 valence electrons. The molecule has 0 aromatic heterocycles. The Balaban J connectivity index is 1.48. The summed E-state index contributed by atoms with van der Waals surface area (Å²) in [6, 6.07) is 13.0. The van der Waals surface area contributed by atoms with E-state index in [1.807, 2.05) is 18.2 Å². The van der Waals surface area contributed by atoms with E-state index in [0.29, 0.717) is 31.8 Å². The fraction of sp³-hybridized carbons (Fsp3) is 0.435. The van der Waals surface area contributed by atoms with Gasteiger partial charge in [0.1, 0.15) is 24.2 Å². The minimum atomic E-state index is -0.172. The molecule has 0 radical (unpaired) electrons. The summed E-state index contributed by atoms with van der Waals surface area (Å²) in [6.07, 6.45) is 1.85. The first-order valence-electron chi connectivity index (χ1n) is 10.2. The Morgan fingerprint density at radius 3 is 2.90 bits per heavy atom. The molecule has 2 heterocycles. The van der Waals surface area contributed by atoms with Gasteiger partial charge in [0.25, 0.3) is 0 Å². The number of methoxy groups -OCH3 is 1. The maximum Gasteiger partial charge on any atom is 0.323 e. The number of rotatable bonds is 5. The monoisotopic (exact) mass is 398 g/mol. The summed E-state index contributed by atoms with van der Waals surface area (Å²) < 4.78 is 24.9. The zero-order chi connectivity index (χ0) is 20.2. The average Bonchev–Trinajstić information content (AvgIpc) is 3.09. The summed E-state index contributed by atoms with van der Waals surface area (Å²) in [5.41, 5.74) is 2.95. The van der Waals surface area contributed by atoms with Crippen LogP contribution in [0.15, 0.2) is 42.5 Å². The first-order valence-corrected chi connectivity index (χ1v) is 10.2. The molecule has 4 rings (SSSR count). The molecule has 0 aliphatic carbocycles. The number of esters is 1. The van der Waals surface area contributed by atoms with Crippen LogP contribution in [0.1, 0.15) is 29.5 Å². The Bertz CT molecular complexity index is 873. The summed E-state index contributed by atoms with van der Waals surface area (Å²) in [5, 5.41) is 0. The predicted molar refractivity (Wildman–Crippen MR) is 108 cm³/mol. The van der Waals surface area contributed by atoms with Crippen LogP contribution in [0.3, 0.4) is 0 Å². The molecule has 0 spiro atoms. The van der Waals surface area contributed by atoms with Gasteiger partial charge in [0.15, 0.2) is 0 Å². The van der Waals surface area contributed by atoms with Crippen molar-refractivity contribution in [3.05, 3.63) is 65.0 Å². The van der Waals surface area contributed by atoms with Crippen LogP contribution in [-0.4, -0.2) is 48.6 Å². The van der Waals surface area contributed by atoms with Crippen LogP contribution in [0.5, 0.6) is 5.75 Å². The lowest BCUT2D eigenvalue weighted by Gasteiger charge is -2.23. The Labute approximate surface area is 171 Å². The molecule has 6 heteroatoms. The van der Waals surface area contributed by atoms with Gasteiger partial charge in [-0.1, -0.05) is 24.3 Å². The van der Waals surface area contributed by atoms with Gasteiger partial charge in [0.2, 0.25) is 0 Å². The summed E-state index contributed by atoms with van der Waals surface area (Å²) in [4.78, 5) is 16.4. The first kappa shape index (κ1) is 19.9. The van der Waals surface area contributed by atoms with Crippen molar-refractivity contribution in [1.82, 2.24) is 9.80 Å². The van der Waals surface area contributed by atoms with E-state index in [-0.39, 0.29) is 17.8 Å². The number of hydrogen-bond acceptors (Lipinski definition) is 5. The van der Waals surface area contributed by atoms with Crippen LogP contribution >= 0.6 is 0 Å². The minimum absolute atomic E-state index is 0.156. The van der Waals surface area contributed by atoms with Crippen LogP contribution in [0.4, 0.5) is 4.39 Å². The van der Waals surface area contributed by atoms with Crippen LogP contribution < -0.4 is 4.74 Å². The lowest BCUT2D eigenvalue weighted by Crippen LogP contribution is -2.36. The molecule has 0 saturated carbocycles. The van der Waals surface area contributed by atoms with Gasteiger partial charge in [0, 0.05) is 37.3 Å². The summed E-state index contributed by atoms with van der Waals surface area (Å²) in [7, 11) is 1.45. The first-order chi connectivity index (χ1) is 14.1. The molecule has 1 atom stereocenters. The third-order valence-electron chi connectivity index (χ3n) is 5.76. The van der Waals surface area contributed by atoms with Crippen LogP contribution in [0.25, 0.3) is 0 Å². The maximum absolute atomic E-state index is 14.1. The van der Waals surface area contributed by atoms with Gasteiger partial charge in [-0.3, -0.25) is 14.6 Å². The van der Waals surface area contributed by atoms with Gasteiger partial charge in [0.05, 0.1) is 7.11 Å². The van der Waals surface area contributed by atoms with Gasteiger partial charge >= 0.3 is 5.97 Å². The lowest BCUT2D eigenvalue weighted by atomic mass is 10.1. The van der Waals surface area contributed by atoms with E-state index in [4.69, 9.17) is 9.47 Å².